The molecule has 2 N–H and O–H groups in total. The van der Waals surface area contributed by atoms with E-state index in [-0.39, 0.29) is 0 Å². The molecule has 0 saturated heterocycles. The predicted molar refractivity (Wildman–Crippen MR) is 126 cm³/mol. The minimum atomic E-state index is -0.603. The van der Waals surface area contributed by atoms with Gasteiger partial charge in [-0.15, -0.1) is 0 Å². The predicted octanol–water partition coefficient (Wildman–Crippen LogP) is 4.40. The molecule has 3 aromatic rings. The Labute approximate surface area is 189 Å². The second-order valence-corrected chi connectivity index (χ2v) is 8.32. The van der Waals surface area contributed by atoms with Crippen LogP contribution in [0, 0.1) is 23.2 Å². The Morgan fingerprint density at radius 2 is 1.81 bits per heavy atom. The molecule has 5 heteroatoms. The molecule has 1 aliphatic carbocycles. The van der Waals surface area contributed by atoms with Crippen LogP contribution in [0.4, 0.5) is 0 Å². The number of benzene rings is 2. The second-order valence-electron chi connectivity index (χ2n) is 8.32. The maximum absolute atomic E-state index is 9.72. The number of aliphatic hydroxyl groups excluding tert-OH is 1. The van der Waals surface area contributed by atoms with Gasteiger partial charge in [-0.1, -0.05) is 48.2 Å². The van der Waals surface area contributed by atoms with Crippen LogP contribution in [0.1, 0.15) is 55.2 Å². The molecule has 5 nitrogen and oxygen atoms in total. The summed E-state index contributed by atoms with van der Waals surface area (Å²) in [5, 5.41) is 21.8. The third kappa shape index (κ3) is 5.26. The number of imidazole rings is 1. The Morgan fingerprint density at radius 3 is 2.47 bits per heavy atom. The first kappa shape index (κ1) is 21.8. The van der Waals surface area contributed by atoms with E-state index in [0.717, 1.165) is 24.9 Å². The van der Waals surface area contributed by atoms with Crippen LogP contribution in [0.25, 0.3) is 11.1 Å². The molecule has 32 heavy (non-hydrogen) atoms. The van der Waals surface area contributed by atoms with E-state index >= 15 is 0 Å². The number of hydrogen-bond acceptors (Lipinski definition) is 4. The summed E-state index contributed by atoms with van der Waals surface area (Å²) in [4.78, 5) is 4.16. The fourth-order valence-corrected chi connectivity index (χ4v) is 4.13. The van der Waals surface area contributed by atoms with Gasteiger partial charge in [0.1, 0.15) is 11.9 Å². The zero-order valence-electron chi connectivity index (χ0n) is 18.3. The van der Waals surface area contributed by atoms with Gasteiger partial charge in [-0.3, -0.25) is 0 Å². The van der Waals surface area contributed by atoms with Crippen LogP contribution in [0.15, 0.2) is 60.9 Å². The van der Waals surface area contributed by atoms with Crippen LogP contribution >= 0.6 is 0 Å². The molecule has 162 valence electrons. The normalized spacial score (nSPS) is 18.2. The highest BCUT2D eigenvalue weighted by molar-refractivity contribution is 5.64. The number of aromatic nitrogens is 2. The van der Waals surface area contributed by atoms with Gasteiger partial charge in [-0.05, 0) is 54.5 Å². The minimum absolute atomic E-state index is 0.499. The standard InChI is InChI=1S/C27H28N4O/c1-20(32)27-30-15-17-31(27)16-2-4-21-5-7-22(8-6-21)23-9-11-24(12-10-23)25-18-26(19-25)29-14-3-13-28/h5-12,15,17,20,25-26,29,32H,3,14,16,18-19H2,1H3/t20-,25?,26?/m0/s1. The lowest BCUT2D eigenvalue weighted by Crippen LogP contribution is -2.40. The monoisotopic (exact) mass is 424 g/mol. The summed E-state index contributed by atoms with van der Waals surface area (Å²) in [5.41, 5.74) is 4.74. The van der Waals surface area contributed by atoms with Crippen LogP contribution in [0.5, 0.6) is 0 Å². The molecular weight excluding hydrogens is 396 g/mol. The molecular formula is C27H28N4O. The Bertz CT molecular complexity index is 1120. The van der Waals surface area contributed by atoms with E-state index in [1.54, 1.807) is 13.1 Å². The molecule has 0 amide bonds. The lowest BCUT2D eigenvalue weighted by Gasteiger charge is -2.36. The van der Waals surface area contributed by atoms with Crippen molar-refractivity contribution in [1.82, 2.24) is 14.9 Å². The molecule has 0 aliphatic heterocycles. The van der Waals surface area contributed by atoms with Gasteiger partial charge in [-0.25, -0.2) is 4.98 Å². The molecule has 1 fully saturated rings. The number of nitrogens with one attached hydrogen (secondary N) is 1. The number of aliphatic hydroxyl groups is 1. The molecule has 1 aliphatic rings. The molecule has 1 saturated carbocycles. The molecule has 0 spiro atoms. The van der Waals surface area contributed by atoms with Gasteiger partial charge in [0.25, 0.3) is 0 Å². The minimum Gasteiger partial charge on any atom is -0.385 e. The summed E-state index contributed by atoms with van der Waals surface area (Å²) in [6, 6.07) is 19.9. The first-order valence-electron chi connectivity index (χ1n) is 11.1. The molecule has 0 unspecified atom stereocenters. The lowest BCUT2D eigenvalue weighted by molar-refractivity contribution is 0.184. The third-order valence-corrected chi connectivity index (χ3v) is 6.01. The van der Waals surface area contributed by atoms with E-state index in [4.69, 9.17) is 5.26 Å². The fraction of sp³-hybridized carbons (Fsp3) is 0.333. The van der Waals surface area contributed by atoms with Crippen molar-refractivity contribution in [3.05, 3.63) is 77.9 Å². The van der Waals surface area contributed by atoms with Gasteiger partial charge < -0.3 is 15.0 Å². The number of hydrogen-bond donors (Lipinski definition) is 2. The van der Waals surface area contributed by atoms with Crippen LogP contribution < -0.4 is 5.32 Å². The maximum Gasteiger partial charge on any atom is 0.138 e. The Hall–Kier alpha value is -3.38. The van der Waals surface area contributed by atoms with Crippen molar-refractivity contribution >= 4 is 0 Å². The zero-order valence-corrected chi connectivity index (χ0v) is 18.3. The van der Waals surface area contributed by atoms with Gasteiger partial charge in [0.05, 0.1) is 12.6 Å². The Morgan fingerprint density at radius 1 is 1.12 bits per heavy atom. The molecule has 2 aromatic carbocycles. The average Bonchev–Trinajstić information content (AvgIpc) is 3.25. The van der Waals surface area contributed by atoms with Crippen molar-refractivity contribution < 1.29 is 5.11 Å². The van der Waals surface area contributed by atoms with E-state index in [2.05, 4.69) is 64.6 Å². The summed E-state index contributed by atoms with van der Waals surface area (Å²) in [6.07, 6.45) is 5.79. The van der Waals surface area contributed by atoms with Crippen LogP contribution in [-0.4, -0.2) is 27.2 Å². The van der Waals surface area contributed by atoms with Gasteiger partial charge >= 0.3 is 0 Å². The van der Waals surface area contributed by atoms with Gasteiger partial charge in [0, 0.05) is 37.0 Å². The van der Waals surface area contributed by atoms with E-state index in [9.17, 15) is 5.11 Å². The smallest absolute Gasteiger partial charge is 0.138 e. The summed E-state index contributed by atoms with van der Waals surface area (Å²) in [6.45, 7) is 3.00. The summed E-state index contributed by atoms with van der Waals surface area (Å²) >= 11 is 0. The van der Waals surface area contributed by atoms with Crippen molar-refractivity contribution in [2.75, 3.05) is 6.54 Å². The SMILES string of the molecule is C[C@H](O)c1nccn1CC#Cc1ccc(-c2ccc(C3CC(NCCC#N)C3)cc2)cc1. The van der Waals surface area contributed by atoms with Crippen molar-refractivity contribution in [3.8, 4) is 29.0 Å². The highest BCUT2D eigenvalue weighted by atomic mass is 16.3. The van der Waals surface area contributed by atoms with Crippen molar-refractivity contribution in [2.45, 2.75) is 50.8 Å². The van der Waals surface area contributed by atoms with Crippen LogP contribution in [0.3, 0.4) is 0 Å². The topological polar surface area (TPSA) is 73.9 Å². The second kappa shape index (κ2) is 10.3. The van der Waals surface area contributed by atoms with Crippen LogP contribution in [-0.2, 0) is 6.54 Å². The third-order valence-electron chi connectivity index (χ3n) is 6.01. The summed E-state index contributed by atoms with van der Waals surface area (Å²) in [7, 11) is 0. The average molecular weight is 425 g/mol. The summed E-state index contributed by atoms with van der Waals surface area (Å²) < 4.78 is 1.86. The highest BCUT2D eigenvalue weighted by Gasteiger charge is 2.29. The number of rotatable bonds is 7. The van der Waals surface area contributed by atoms with Crippen molar-refractivity contribution in [3.63, 3.8) is 0 Å². The molecule has 1 atom stereocenters. The Kier molecular flexibility index (Phi) is 7.02. The Balaban J connectivity index is 1.32. The van der Waals surface area contributed by atoms with Gasteiger partial charge in [-0.2, -0.15) is 5.26 Å². The molecule has 1 heterocycles. The summed E-state index contributed by atoms with van der Waals surface area (Å²) in [5.74, 6) is 7.58. The van der Waals surface area contributed by atoms with Gasteiger partial charge in [0.15, 0.2) is 0 Å². The zero-order chi connectivity index (χ0) is 22.3. The van der Waals surface area contributed by atoms with Crippen molar-refractivity contribution in [2.24, 2.45) is 0 Å². The number of nitriles is 1. The fourth-order valence-electron chi connectivity index (χ4n) is 4.13. The molecule has 0 radical (unpaired) electrons. The van der Waals surface area contributed by atoms with Gasteiger partial charge in [0.2, 0.25) is 0 Å². The number of nitrogens with zero attached hydrogens (tertiary/aromatic N) is 3. The van der Waals surface area contributed by atoms with E-state index < -0.39 is 6.10 Å². The lowest BCUT2D eigenvalue weighted by atomic mass is 9.75. The van der Waals surface area contributed by atoms with E-state index in [1.807, 2.05) is 22.9 Å². The van der Waals surface area contributed by atoms with E-state index in [1.165, 1.54) is 16.7 Å². The first-order valence-corrected chi connectivity index (χ1v) is 11.1. The quantitative estimate of drug-likeness (QED) is 0.435. The highest BCUT2D eigenvalue weighted by Crippen LogP contribution is 2.37. The largest absolute Gasteiger partial charge is 0.385 e. The first-order chi connectivity index (χ1) is 15.6. The van der Waals surface area contributed by atoms with Crippen molar-refractivity contribution in [1.29, 1.82) is 5.26 Å². The van der Waals surface area contributed by atoms with E-state index in [0.29, 0.717) is 30.7 Å². The molecule has 4 rings (SSSR count). The molecule has 0 bridgehead atoms. The molecule has 1 aromatic heterocycles. The maximum atomic E-state index is 9.72. The van der Waals surface area contributed by atoms with Crippen LogP contribution in [0.2, 0.25) is 0 Å².